The Morgan fingerprint density at radius 2 is 2.20 bits per heavy atom. The second-order valence-electron chi connectivity index (χ2n) is 3.96. The van der Waals surface area contributed by atoms with Gasteiger partial charge < -0.3 is 10.4 Å². The normalized spacial score (nSPS) is 14.7. The third-order valence-corrected chi connectivity index (χ3v) is 3.42. The number of aliphatic hydroxyl groups excluding tert-OH is 1. The maximum atomic E-state index is 9.27. The summed E-state index contributed by atoms with van der Waals surface area (Å²) in [6.45, 7) is 6.05. The third kappa shape index (κ3) is 3.18. The Morgan fingerprint density at radius 1 is 1.53 bits per heavy atom. The van der Waals surface area contributed by atoms with Gasteiger partial charge >= 0.3 is 0 Å². The van der Waals surface area contributed by atoms with Crippen LogP contribution in [-0.2, 0) is 0 Å². The molecule has 15 heavy (non-hydrogen) atoms. The standard InChI is InChI=1S/C11H17BrN2O/c1-4-11(3,7-15)14-10-6-5-9(12)8(2)13-10/h5-6,15H,4,7H2,1-3H3,(H,13,14). The van der Waals surface area contributed by atoms with Crippen LogP contribution in [0.25, 0.3) is 0 Å². The molecule has 3 nitrogen and oxygen atoms in total. The van der Waals surface area contributed by atoms with Gasteiger partial charge in [-0.05, 0) is 48.3 Å². The molecule has 0 radical (unpaired) electrons. The molecule has 1 unspecified atom stereocenters. The molecule has 0 aliphatic heterocycles. The average molecular weight is 273 g/mol. The Kier molecular flexibility index (Phi) is 4.11. The van der Waals surface area contributed by atoms with Crippen molar-refractivity contribution >= 4 is 21.7 Å². The van der Waals surface area contributed by atoms with E-state index < -0.39 is 0 Å². The number of halogens is 1. The first-order chi connectivity index (χ1) is 7.00. The number of hydrogen-bond acceptors (Lipinski definition) is 3. The highest BCUT2D eigenvalue weighted by atomic mass is 79.9. The number of nitrogens with one attached hydrogen (secondary N) is 1. The Morgan fingerprint density at radius 3 is 2.67 bits per heavy atom. The Bertz CT molecular complexity index is 337. The Hall–Kier alpha value is -0.610. The Labute approximate surface area is 99.1 Å². The van der Waals surface area contributed by atoms with E-state index in [1.807, 2.05) is 32.9 Å². The summed E-state index contributed by atoms with van der Waals surface area (Å²) < 4.78 is 0.996. The number of rotatable bonds is 4. The largest absolute Gasteiger partial charge is 0.394 e. The van der Waals surface area contributed by atoms with Crippen molar-refractivity contribution in [3.05, 3.63) is 22.3 Å². The van der Waals surface area contributed by atoms with E-state index in [2.05, 4.69) is 26.2 Å². The summed E-state index contributed by atoms with van der Waals surface area (Å²) in [7, 11) is 0. The highest BCUT2D eigenvalue weighted by Crippen LogP contribution is 2.20. The number of nitrogens with zero attached hydrogens (tertiary/aromatic N) is 1. The first-order valence-corrected chi connectivity index (χ1v) is 5.82. The predicted octanol–water partition coefficient (Wildman–Crippen LogP) is 2.73. The van der Waals surface area contributed by atoms with Crippen molar-refractivity contribution in [3.63, 3.8) is 0 Å². The molecule has 0 aromatic carbocycles. The van der Waals surface area contributed by atoms with E-state index in [1.165, 1.54) is 0 Å². The lowest BCUT2D eigenvalue weighted by Gasteiger charge is -2.28. The summed E-state index contributed by atoms with van der Waals surface area (Å²) in [5.41, 5.74) is 0.643. The molecule has 0 saturated heterocycles. The molecule has 1 aromatic rings. The maximum absolute atomic E-state index is 9.27. The van der Waals surface area contributed by atoms with Crippen LogP contribution in [0, 0.1) is 6.92 Å². The van der Waals surface area contributed by atoms with Crippen molar-refractivity contribution in [2.45, 2.75) is 32.7 Å². The van der Waals surface area contributed by atoms with E-state index in [0.717, 1.165) is 22.4 Å². The maximum Gasteiger partial charge on any atom is 0.126 e. The van der Waals surface area contributed by atoms with Gasteiger partial charge in [0.1, 0.15) is 5.82 Å². The van der Waals surface area contributed by atoms with Crippen molar-refractivity contribution in [2.75, 3.05) is 11.9 Å². The molecule has 0 bridgehead atoms. The lowest BCUT2D eigenvalue weighted by Crippen LogP contribution is -2.38. The van der Waals surface area contributed by atoms with Gasteiger partial charge in [0.05, 0.1) is 17.8 Å². The monoisotopic (exact) mass is 272 g/mol. The van der Waals surface area contributed by atoms with Gasteiger partial charge in [0.15, 0.2) is 0 Å². The summed E-state index contributed by atoms with van der Waals surface area (Å²) in [6.07, 6.45) is 0.848. The van der Waals surface area contributed by atoms with Crippen molar-refractivity contribution in [1.82, 2.24) is 4.98 Å². The highest BCUT2D eigenvalue weighted by Gasteiger charge is 2.20. The summed E-state index contributed by atoms with van der Waals surface area (Å²) >= 11 is 3.40. The zero-order chi connectivity index (χ0) is 11.5. The molecular weight excluding hydrogens is 256 g/mol. The van der Waals surface area contributed by atoms with E-state index in [-0.39, 0.29) is 12.1 Å². The second kappa shape index (κ2) is 4.94. The van der Waals surface area contributed by atoms with Gasteiger partial charge in [0.2, 0.25) is 0 Å². The Balaban J connectivity index is 2.85. The molecule has 1 atom stereocenters. The molecule has 1 rings (SSSR count). The van der Waals surface area contributed by atoms with Gasteiger partial charge in [0.25, 0.3) is 0 Å². The molecule has 0 saturated carbocycles. The van der Waals surface area contributed by atoms with Crippen LogP contribution >= 0.6 is 15.9 Å². The molecule has 1 heterocycles. The minimum Gasteiger partial charge on any atom is -0.394 e. The van der Waals surface area contributed by atoms with Gasteiger partial charge in [-0.2, -0.15) is 0 Å². The van der Waals surface area contributed by atoms with Crippen molar-refractivity contribution in [3.8, 4) is 0 Å². The number of hydrogen-bond donors (Lipinski definition) is 2. The molecule has 84 valence electrons. The fraction of sp³-hybridized carbons (Fsp3) is 0.545. The molecule has 1 aromatic heterocycles. The molecule has 0 fully saturated rings. The lowest BCUT2D eigenvalue weighted by molar-refractivity contribution is 0.218. The topological polar surface area (TPSA) is 45.1 Å². The van der Waals surface area contributed by atoms with Crippen LogP contribution in [0.1, 0.15) is 26.0 Å². The number of aryl methyl sites for hydroxylation is 1. The molecule has 0 aliphatic carbocycles. The highest BCUT2D eigenvalue weighted by molar-refractivity contribution is 9.10. The lowest BCUT2D eigenvalue weighted by atomic mass is 10.0. The minimum absolute atomic E-state index is 0.0975. The SMILES string of the molecule is CCC(C)(CO)Nc1ccc(Br)c(C)n1. The van der Waals surface area contributed by atoms with Crippen LogP contribution in [-0.4, -0.2) is 22.2 Å². The summed E-state index contributed by atoms with van der Waals surface area (Å²) in [5.74, 6) is 0.800. The summed E-state index contributed by atoms with van der Waals surface area (Å²) in [6, 6.07) is 3.86. The third-order valence-electron chi connectivity index (χ3n) is 2.58. The van der Waals surface area contributed by atoms with Crippen LogP contribution in [0.2, 0.25) is 0 Å². The van der Waals surface area contributed by atoms with E-state index in [0.29, 0.717) is 0 Å². The molecule has 0 spiro atoms. The number of aliphatic hydroxyl groups is 1. The van der Waals surface area contributed by atoms with E-state index in [9.17, 15) is 5.11 Å². The van der Waals surface area contributed by atoms with Crippen LogP contribution < -0.4 is 5.32 Å². The van der Waals surface area contributed by atoms with Crippen molar-refractivity contribution < 1.29 is 5.11 Å². The quantitative estimate of drug-likeness (QED) is 0.886. The molecular formula is C11H17BrN2O. The van der Waals surface area contributed by atoms with Gasteiger partial charge in [0, 0.05) is 4.47 Å². The molecule has 2 N–H and O–H groups in total. The smallest absolute Gasteiger partial charge is 0.126 e. The van der Waals surface area contributed by atoms with Crippen LogP contribution in [0.5, 0.6) is 0 Å². The minimum atomic E-state index is -0.298. The van der Waals surface area contributed by atoms with Gasteiger partial charge in [-0.25, -0.2) is 4.98 Å². The second-order valence-corrected chi connectivity index (χ2v) is 4.82. The number of pyridine rings is 1. The van der Waals surface area contributed by atoms with E-state index in [1.54, 1.807) is 0 Å². The average Bonchev–Trinajstić information content (AvgIpc) is 2.23. The first kappa shape index (κ1) is 12.5. The predicted molar refractivity (Wildman–Crippen MR) is 66.1 cm³/mol. The van der Waals surface area contributed by atoms with Crippen molar-refractivity contribution in [1.29, 1.82) is 0 Å². The number of aromatic nitrogens is 1. The van der Waals surface area contributed by atoms with E-state index >= 15 is 0 Å². The number of anilines is 1. The van der Waals surface area contributed by atoms with Crippen LogP contribution in [0.15, 0.2) is 16.6 Å². The van der Waals surface area contributed by atoms with Crippen molar-refractivity contribution in [2.24, 2.45) is 0 Å². The molecule has 0 aliphatic rings. The van der Waals surface area contributed by atoms with Crippen LogP contribution in [0.3, 0.4) is 0 Å². The zero-order valence-corrected chi connectivity index (χ0v) is 10.9. The van der Waals surface area contributed by atoms with Gasteiger partial charge in [-0.1, -0.05) is 6.92 Å². The van der Waals surface area contributed by atoms with Gasteiger partial charge in [-0.15, -0.1) is 0 Å². The zero-order valence-electron chi connectivity index (χ0n) is 9.34. The summed E-state index contributed by atoms with van der Waals surface area (Å²) in [4.78, 5) is 4.38. The van der Waals surface area contributed by atoms with Crippen LogP contribution in [0.4, 0.5) is 5.82 Å². The van der Waals surface area contributed by atoms with E-state index in [4.69, 9.17) is 0 Å². The fourth-order valence-corrected chi connectivity index (χ4v) is 1.38. The fourth-order valence-electron chi connectivity index (χ4n) is 1.16. The summed E-state index contributed by atoms with van der Waals surface area (Å²) in [5, 5.41) is 12.5. The molecule has 0 amide bonds. The molecule has 4 heteroatoms. The van der Waals surface area contributed by atoms with Gasteiger partial charge in [-0.3, -0.25) is 0 Å². The first-order valence-electron chi connectivity index (χ1n) is 5.03.